The minimum atomic E-state index is -0.517. The number of hydrogen-bond donors (Lipinski definition) is 0. The molecule has 0 N–H and O–H groups in total. The van der Waals surface area contributed by atoms with Gasteiger partial charge in [-0.05, 0) is 34.1 Å². The monoisotopic (exact) mass is 332 g/mol. The summed E-state index contributed by atoms with van der Waals surface area (Å²) >= 11 is 8.68. The third-order valence-electron chi connectivity index (χ3n) is 2.32. The van der Waals surface area contributed by atoms with Crippen LogP contribution in [-0.4, -0.2) is 0 Å². The number of halogens is 4. The molecule has 2 rings (SSSR count). The number of ether oxygens (including phenoxy) is 1. The molecule has 0 bridgehead atoms. The summed E-state index contributed by atoms with van der Waals surface area (Å²) in [5, 5.41) is 0.0399. The first kappa shape index (κ1) is 13.3. The van der Waals surface area contributed by atoms with Crippen molar-refractivity contribution in [3.05, 3.63) is 63.1 Å². The van der Waals surface area contributed by atoms with Crippen molar-refractivity contribution in [3.8, 4) is 5.75 Å². The minimum Gasteiger partial charge on any atom is -0.489 e. The van der Waals surface area contributed by atoms with Gasteiger partial charge in [0.1, 0.15) is 24.0 Å². The van der Waals surface area contributed by atoms with E-state index in [1.54, 1.807) is 18.2 Å². The van der Waals surface area contributed by atoms with Crippen molar-refractivity contribution < 1.29 is 13.5 Å². The first-order valence-electron chi connectivity index (χ1n) is 5.08. The summed E-state index contributed by atoms with van der Waals surface area (Å²) in [6.07, 6.45) is 0. The van der Waals surface area contributed by atoms with Gasteiger partial charge in [0.25, 0.3) is 0 Å². The lowest BCUT2D eigenvalue weighted by molar-refractivity contribution is 0.298. The summed E-state index contributed by atoms with van der Waals surface area (Å²) in [6, 6.07) is 9.00. The Morgan fingerprint density at radius 1 is 1.17 bits per heavy atom. The highest BCUT2D eigenvalue weighted by Gasteiger charge is 2.07. The van der Waals surface area contributed by atoms with Crippen molar-refractivity contribution in [3.63, 3.8) is 0 Å². The third-order valence-corrected chi connectivity index (χ3v) is 3.25. The fourth-order valence-electron chi connectivity index (χ4n) is 1.39. The molecule has 0 atom stereocenters. The molecule has 1 nitrogen and oxygen atoms in total. The fraction of sp³-hybridized carbons (Fsp3) is 0.0769. The molecular formula is C13H8BrClF2O. The van der Waals surface area contributed by atoms with E-state index in [-0.39, 0.29) is 11.6 Å². The van der Waals surface area contributed by atoms with E-state index in [0.717, 1.165) is 0 Å². The standard InChI is InChI=1S/C13H8BrClF2O/c14-10-5-4-9(6-12(10)16)18-7-8-2-1-3-11(15)13(8)17/h1-6H,7H2. The SMILES string of the molecule is Fc1cc(OCc2cccc(Cl)c2F)ccc1Br. The second kappa shape index (κ2) is 5.67. The Labute approximate surface area is 116 Å². The predicted molar refractivity (Wildman–Crippen MR) is 69.8 cm³/mol. The van der Waals surface area contributed by atoms with Crippen LogP contribution in [0, 0.1) is 11.6 Å². The molecule has 0 aromatic heterocycles. The van der Waals surface area contributed by atoms with Crippen LogP contribution in [0.3, 0.4) is 0 Å². The molecule has 2 aromatic carbocycles. The van der Waals surface area contributed by atoms with Gasteiger partial charge in [0.15, 0.2) is 0 Å². The van der Waals surface area contributed by atoms with E-state index in [1.165, 1.54) is 18.2 Å². The largest absolute Gasteiger partial charge is 0.489 e. The first-order valence-corrected chi connectivity index (χ1v) is 6.26. The van der Waals surface area contributed by atoms with E-state index in [0.29, 0.717) is 15.8 Å². The summed E-state index contributed by atoms with van der Waals surface area (Å²) in [5.74, 6) is -0.620. The maximum absolute atomic E-state index is 13.6. The van der Waals surface area contributed by atoms with Crippen molar-refractivity contribution in [1.29, 1.82) is 0 Å². The van der Waals surface area contributed by atoms with Crippen molar-refractivity contribution >= 4 is 27.5 Å². The Morgan fingerprint density at radius 2 is 1.94 bits per heavy atom. The van der Waals surface area contributed by atoms with Crippen molar-refractivity contribution in [1.82, 2.24) is 0 Å². The average Bonchev–Trinajstić information content (AvgIpc) is 2.35. The number of hydrogen-bond acceptors (Lipinski definition) is 1. The zero-order valence-corrected chi connectivity index (χ0v) is 11.4. The van der Waals surface area contributed by atoms with Gasteiger partial charge >= 0.3 is 0 Å². The van der Waals surface area contributed by atoms with Crippen LogP contribution in [0.2, 0.25) is 5.02 Å². The van der Waals surface area contributed by atoms with Crippen LogP contribution in [0.15, 0.2) is 40.9 Å². The average molecular weight is 334 g/mol. The molecular weight excluding hydrogens is 325 g/mol. The normalized spacial score (nSPS) is 10.4. The van der Waals surface area contributed by atoms with Crippen LogP contribution < -0.4 is 4.74 Å². The van der Waals surface area contributed by atoms with Crippen LogP contribution in [0.4, 0.5) is 8.78 Å². The molecule has 0 saturated carbocycles. The van der Waals surface area contributed by atoms with Gasteiger partial charge in [-0.2, -0.15) is 0 Å². The lowest BCUT2D eigenvalue weighted by Crippen LogP contribution is -1.99. The first-order chi connectivity index (χ1) is 8.58. The highest BCUT2D eigenvalue weighted by atomic mass is 79.9. The second-order valence-electron chi connectivity index (χ2n) is 3.58. The maximum atomic E-state index is 13.6. The van der Waals surface area contributed by atoms with Crippen molar-refractivity contribution in [2.24, 2.45) is 0 Å². The molecule has 0 fully saturated rings. The smallest absolute Gasteiger partial charge is 0.148 e. The summed E-state index contributed by atoms with van der Waals surface area (Å²) in [6.45, 7) is -0.00648. The van der Waals surface area contributed by atoms with Gasteiger partial charge in [0.2, 0.25) is 0 Å². The van der Waals surface area contributed by atoms with Gasteiger partial charge in [-0.3, -0.25) is 0 Å². The lowest BCUT2D eigenvalue weighted by Gasteiger charge is -2.08. The van der Waals surface area contributed by atoms with Gasteiger partial charge < -0.3 is 4.74 Å². The van der Waals surface area contributed by atoms with E-state index in [9.17, 15) is 8.78 Å². The van der Waals surface area contributed by atoms with Gasteiger partial charge in [-0.25, -0.2) is 8.78 Å². The number of benzene rings is 2. The number of rotatable bonds is 3. The second-order valence-corrected chi connectivity index (χ2v) is 4.84. The molecule has 0 saturated heterocycles. The van der Waals surface area contributed by atoms with E-state index >= 15 is 0 Å². The van der Waals surface area contributed by atoms with Crippen LogP contribution >= 0.6 is 27.5 Å². The fourth-order valence-corrected chi connectivity index (χ4v) is 1.83. The Morgan fingerprint density at radius 3 is 2.67 bits per heavy atom. The Hall–Kier alpha value is -1.13. The predicted octanol–water partition coefficient (Wildman–Crippen LogP) is 4.96. The summed E-state index contributed by atoms with van der Waals surface area (Å²) in [4.78, 5) is 0. The minimum absolute atomic E-state index is 0.00648. The summed E-state index contributed by atoms with van der Waals surface area (Å²) in [5.41, 5.74) is 0.325. The van der Waals surface area contributed by atoms with Gasteiger partial charge in [0, 0.05) is 11.6 Å². The Balaban J connectivity index is 2.11. The van der Waals surface area contributed by atoms with Crippen LogP contribution in [0.1, 0.15) is 5.56 Å². The third kappa shape index (κ3) is 3.00. The summed E-state index contributed by atoms with van der Waals surface area (Å²) < 4.78 is 32.4. The molecule has 0 unspecified atom stereocenters. The van der Waals surface area contributed by atoms with E-state index < -0.39 is 11.6 Å². The molecule has 2 aromatic rings. The molecule has 0 aliphatic heterocycles. The van der Waals surface area contributed by atoms with Gasteiger partial charge in [0.05, 0.1) is 9.50 Å². The van der Waals surface area contributed by atoms with Crippen LogP contribution in [0.5, 0.6) is 5.75 Å². The molecule has 0 aliphatic carbocycles. The van der Waals surface area contributed by atoms with Gasteiger partial charge in [-0.15, -0.1) is 0 Å². The molecule has 18 heavy (non-hydrogen) atoms. The zero-order valence-electron chi connectivity index (χ0n) is 9.09. The molecule has 0 aliphatic rings. The van der Waals surface area contributed by atoms with Gasteiger partial charge in [-0.1, -0.05) is 23.7 Å². The maximum Gasteiger partial charge on any atom is 0.148 e. The highest BCUT2D eigenvalue weighted by molar-refractivity contribution is 9.10. The zero-order chi connectivity index (χ0) is 13.1. The molecule has 5 heteroatoms. The Kier molecular flexibility index (Phi) is 4.19. The quantitative estimate of drug-likeness (QED) is 0.771. The molecule has 94 valence electrons. The molecule has 0 radical (unpaired) electrons. The highest BCUT2D eigenvalue weighted by Crippen LogP contribution is 2.23. The van der Waals surface area contributed by atoms with E-state index in [1.807, 2.05) is 0 Å². The lowest BCUT2D eigenvalue weighted by atomic mass is 10.2. The van der Waals surface area contributed by atoms with E-state index in [2.05, 4.69) is 15.9 Å². The summed E-state index contributed by atoms with van der Waals surface area (Å²) in [7, 11) is 0. The van der Waals surface area contributed by atoms with Crippen molar-refractivity contribution in [2.45, 2.75) is 6.61 Å². The molecule has 0 amide bonds. The van der Waals surface area contributed by atoms with E-state index in [4.69, 9.17) is 16.3 Å². The van der Waals surface area contributed by atoms with Crippen LogP contribution in [0.25, 0.3) is 0 Å². The Bertz CT molecular complexity index is 575. The van der Waals surface area contributed by atoms with Crippen LogP contribution in [-0.2, 0) is 6.61 Å². The topological polar surface area (TPSA) is 9.23 Å². The molecule has 0 heterocycles. The van der Waals surface area contributed by atoms with Crippen molar-refractivity contribution in [2.75, 3.05) is 0 Å². The molecule has 0 spiro atoms.